The van der Waals surface area contributed by atoms with Crippen LogP contribution in [0.2, 0.25) is 0 Å². The van der Waals surface area contributed by atoms with Gasteiger partial charge in [-0.2, -0.15) is 0 Å². The highest BCUT2D eigenvalue weighted by Crippen LogP contribution is 2.40. The van der Waals surface area contributed by atoms with Gasteiger partial charge in [-0.3, -0.25) is 4.79 Å². The third kappa shape index (κ3) is 4.75. The number of carbonyl (C=O) groups is 2. The van der Waals surface area contributed by atoms with E-state index in [4.69, 9.17) is 9.47 Å². The summed E-state index contributed by atoms with van der Waals surface area (Å²) >= 11 is 4.87. The van der Waals surface area contributed by atoms with Crippen molar-refractivity contribution in [1.82, 2.24) is 0 Å². The van der Waals surface area contributed by atoms with Crippen LogP contribution in [0.4, 0.5) is 5.00 Å². The highest BCUT2D eigenvalue weighted by atomic mass is 79.9. The summed E-state index contributed by atoms with van der Waals surface area (Å²) in [5.74, 6) is 0.507. The summed E-state index contributed by atoms with van der Waals surface area (Å²) in [7, 11) is 0. The molecule has 0 bridgehead atoms. The quantitative estimate of drug-likeness (QED) is 0.593. The van der Waals surface area contributed by atoms with Crippen molar-refractivity contribution in [1.29, 1.82) is 0 Å². The minimum absolute atomic E-state index is 0.294. The first kappa shape index (κ1) is 20.9. The number of fused-ring (bicyclic) bond motifs is 1. The molecule has 28 heavy (non-hydrogen) atoms. The van der Waals surface area contributed by atoms with Crippen molar-refractivity contribution in [3.05, 3.63) is 44.7 Å². The van der Waals surface area contributed by atoms with Gasteiger partial charge in [-0.1, -0.05) is 28.9 Å². The molecule has 1 aromatic carbocycles. The average Bonchev–Trinajstić information content (AvgIpc) is 2.98. The van der Waals surface area contributed by atoms with Gasteiger partial charge >= 0.3 is 5.97 Å². The summed E-state index contributed by atoms with van der Waals surface area (Å²) < 4.78 is 11.9. The molecule has 5 nitrogen and oxygen atoms in total. The van der Waals surface area contributed by atoms with Crippen LogP contribution in [0.5, 0.6) is 5.75 Å². The van der Waals surface area contributed by atoms with Crippen molar-refractivity contribution < 1.29 is 19.1 Å². The number of anilines is 1. The van der Waals surface area contributed by atoms with Crippen LogP contribution in [0, 0.1) is 5.92 Å². The first-order valence-corrected chi connectivity index (χ1v) is 11.0. The molecule has 0 fully saturated rings. The van der Waals surface area contributed by atoms with Gasteiger partial charge in [-0.15, -0.1) is 11.3 Å². The fourth-order valence-corrected chi connectivity index (χ4v) is 5.05. The molecule has 150 valence electrons. The van der Waals surface area contributed by atoms with Crippen LogP contribution >= 0.6 is 27.3 Å². The molecule has 7 heteroatoms. The van der Waals surface area contributed by atoms with E-state index in [0.29, 0.717) is 28.8 Å². The van der Waals surface area contributed by atoms with Crippen LogP contribution in [-0.2, 0) is 22.4 Å². The van der Waals surface area contributed by atoms with Crippen LogP contribution in [0.1, 0.15) is 48.0 Å². The lowest BCUT2D eigenvalue weighted by Gasteiger charge is -2.18. The molecule has 1 aliphatic rings. The van der Waals surface area contributed by atoms with Gasteiger partial charge in [0, 0.05) is 9.35 Å². The van der Waals surface area contributed by atoms with E-state index in [0.717, 1.165) is 34.2 Å². The average molecular weight is 466 g/mol. The number of hydrogen-bond acceptors (Lipinski definition) is 5. The molecular weight excluding hydrogens is 442 g/mol. The summed E-state index contributed by atoms with van der Waals surface area (Å²) in [4.78, 5) is 26.4. The predicted molar refractivity (Wildman–Crippen MR) is 114 cm³/mol. The van der Waals surface area contributed by atoms with Gasteiger partial charge in [0.1, 0.15) is 10.8 Å². The van der Waals surface area contributed by atoms with Crippen LogP contribution in [0.15, 0.2) is 28.7 Å². The first-order valence-electron chi connectivity index (χ1n) is 9.43. The number of thiophene rings is 1. The number of amides is 1. The van der Waals surface area contributed by atoms with E-state index >= 15 is 0 Å². The molecule has 1 amide bonds. The SMILES string of the molecule is CCOC(=O)c1c(NC(=O)[C@H](C)Oc2cccc(Br)c2)sc2c1CC[C@@H](C)C2. The van der Waals surface area contributed by atoms with Crippen molar-refractivity contribution in [3.63, 3.8) is 0 Å². The zero-order valence-corrected chi connectivity index (χ0v) is 18.6. The maximum Gasteiger partial charge on any atom is 0.341 e. The zero-order chi connectivity index (χ0) is 20.3. The topological polar surface area (TPSA) is 64.6 Å². The van der Waals surface area contributed by atoms with E-state index in [1.807, 2.05) is 12.1 Å². The van der Waals surface area contributed by atoms with E-state index in [9.17, 15) is 9.59 Å². The second-order valence-corrected chi connectivity index (χ2v) is 9.00. The molecule has 0 spiro atoms. The Morgan fingerprint density at radius 3 is 2.89 bits per heavy atom. The molecule has 0 unspecified atom stereocenters. The van der Waals surface area contributed by atoms with Gasteiger partial charge < -0.3 is 14.8 Å². The number of rotatable bonds is 6. The Hall–Kier alpha value is -1.86. The molecule has 1 aromatic heterocycles. The standard InChI is InChI=1S/C21H24BrNO4S/c1-4-26-21(25)18-16-9-8-12(2)10-17(16)28-20(18)23-19(24)13(3)27-15-7-5-6-14(22)11-15/h5-7,11-13H,4,8-10H2,1-3H3,(H,23,24)/t12-,13+/m1/s1. The monoisotopic (exact) mass is 465 g/mol. The van der Waals surface area contributed by atoms with E-state index < -0.39 is 6.10 Å². The Bertz CT molecular complexity index is 879. The van der Waals surface area contributed by atoms with Gasteiger partial charge in [0.25, 0.3) is 5.91 Å². The van der Waals surface area contributed by atoms with Gasteiger partial charge in [-0.05, 0) is 62.8 Å². The molecular formula is C21H24BrNO4S. The van der Waals surface area contributed by atoms with Crippen LogP contribution in [0.3, 0.4) is 0 Å². The third-order valence-corrected chi connectivity index (χ3v) is 6.37. The Morgan fingerprint density at radius 1 is 1.39 bits per heavy atom. The summed E-state index contributed by atoms with van der Waals surface area (Å²) in [6, 6.07) is 7.33. The third-order valence-electron chi connectivity index (χ3n) is 4.71. The summed E-state index contributed by atoms with van der Waals surface area (Å²) in [5, 5.41) is 3.46. The van der Waals surface area contributed by atoms with Crippen LogP contribution in [0.25, 0.3) is 0 Å². The second-order valence-electron chi connectivity index (χ2n) is 6.98. The smallest absolute Gasteiger partial charge is 0.341 e. The predicted octanol–water partition coefficient (Wildman–Crippen LogP) is 5.22. The van der Waals surface area contributed by atoms with E-state index in [2.05, 4.69) is 28.2 Å². The lowest BCUT2D eigenvalue weighted by atomic mass is 9.88. The number of hydrogen-bond donors (Lipinski definition) is 1. The first-order chi connectivity index (χ1) is 13.4. The fourth-order valence-electron chi connectivity index (χ4n) is 3.27. The molecule has 0 saturated carbocycles. The number of ether oxygens (including phenoxy) is 2. The van der Waals surface area contributed by atoms with E-state index in [-0.39, 0.29) is 11.9 Å². The molecule has 0 radical (unpaired) electrons. The Morgan fingerprint density at radius 2 is 2.18 bits per heavy atom. The summed E-state index contributed by atoms with van der Waals surface area (Å²) in [5.41, 5.74) is 1.54. The summed E-state index contributed by atoms with van der Waals surface area (Å²) in [6.45, 7) is 5.98. The molecule has 3 rings (SSSR count). The maximum atomic E-state index is 12.7. The minimum atomic E-state index is -0.706. The largest absolute Gasteiger partial charge is 0.481 e. The molecule has 1 heterocycles. The number of esters is 1. The zero-order valence-electron chi connectivity index (χ0n) is 16.2. The summed E-state index contributed by atoms with van der Waals surface area (Å²) in [6.07, 6.45) is 2.08. The molecule has 1 N–H and O–H groups in total. The van der Waals surface area contributed by atoms with Crippen molar-refractivity contribution in [2.45, 2.75) is 46.1 Å². The van der Waals surface area contributed by atoms with Crippen LogP contribution < -0.4 is 10.1 Å². The molecule has 0 aliphatic heterocycles. The molecule has 2 aromatic rings. The Kier molecular flexibility index (Phi) is 6.78. The van der Waals surface area contributed by atoms with Crippen molar-refractivity contribution in [2.24, 2.45) is 5.92 Å². The highest BCUT2D eigenvalue weighted by Gasteiger charge is 2.30. The highest BCUT2D eigenvalue weighted by molar-refractivity contribution is 9.10. The number of carbonyl (C=O) groups excluding carboxylic acids is 2. The van der Waals surface area contributed by atoms with E-state index in [1.54, 1.807) is 26.0 Å². The van der Waals surface area contributed by atoms with Gasteiger partial charge in [0.2, 0.25) is 0 Å². The number of nitrogens with one attached hydrogen (secondary N) is 1. The van der Waals surface area contributed by atoms with Crippen molar-refractivity contribution in [2.75, 3.05) is 11.9 Å². The maximum absolute atomic E-state index is 12.7. The molecule has 2 atom stereocenters. The Balaban J connectivity index is 1.80. The number of benzene rings is 1. The van der Waals surface area contributed by atoms with E-state index in [1.165, 1.54) is 11.3 Å². The second kappa shape index (κ2) is 9.09. The minimum Gasteiger partial charge on any atom is -0.481 e. The lowest BCUT2D eigenvalue weighted by Crippen LogP contribution is -2.30. The fraction of sp³-hybridized carbons (Fsp3) is 0.429. The van der Waals surface area contributed by atoms with Crippen molar-refractivity contribution in [3.8, 4) is 5.75 Å². The van der Waals surface area contributed by atoms with Gasteiger partial charge in [-0.25, -0.2) is 4.79 Å². The lowest BCUT2D eigenvalue weighted by molar-refractivity contribution is -0.122. The van der Waals surface area contributed by atoms with Gasteiger partial charge in [0.05, 0.1) is 12.2 Å². The normalized spacial score (nSPS) is 16.8. The molecule has 1 aliphatic carbocycles. The molecule has 0 saturated heterocycles. The van der Waals surface area contributed by atoms with Crippen LogP contribution in [-0.4, -0.2) is 24.6 Å². The van der Waals surface area contributed by atoms with Gasteiger partial charge in [0.15, 0.2) is 6.10 Å². The number of halogens is 1. The van der Waals surface area contributed by atoms with Crippen molar-refractivity contribution >= 4 is 44.1 Å². The Labute approximate surface area is 177 Å².